The van der Waals surface area contributed by atoms with E-state index >= 15 is 0 Å². The van der Waals surface area contributed by atoms with E-state index in [2.05, 4.69) is 6.07 Å². The van der Waals surface area contributed by atoms with Gasteiger partial charge in [0.2, 0.25) is 0 Å². The Labute approximate surface area is 91.9 Å². The molecule has 1 rings (SSSR count). The summed E-state index contributed by atoms with van der Waals surface area (Å²) in [7, 11) is 0. The normalized spacial score (nSPS) is 10.1. The van der Waals surface area contributed by atoms with Gasteiger partial charge in [0.25, 0.3) is 5.91 Å². The van der Waals surface area contributed by atoms with Gasteiger partial charge in [0.05, 0.1) is 0 Å². The predicted octanol–water partition coefficient (Wildman–Crippen LogP) is 2.79. The summed E-state index contributed by atoms with van der Waals surface area (Å²) in [5.74, 6) is 0.137. The third-order valence-corrected chi connectivity index (χ3v) is 2.66. The number of rotatable bonds is 3. The topological polar surface area (TPSA) is 20.3 Å². The van der Waals surface area contributed by atoms with Crippen LogP contribution >= 0.6 is 0 Å². The number of carbonyl (C=O) groups is 1. The molecule has 82 valence electrons. The molecular formula is C13H19NO. The Hall–Kier alpha value is -1.31. The van der Waals surface area contributed by atoms with Crippen molar-refractivity contribution in [2.24, 2.45) is 0 Å². The molecule has 0 N–H and O–H groups in total. The number of hydrogen-bond acceptors (Lipinski definition) is 1. The number of nitrogens with zero attached hydrogens (tertiary/aromatic N) is 1. The molecule has 0 saturated heterocycles. The molecule has 0 spiro atoms. The van der Waals surface area contributed by atoms with Crippen LogP contribution in [0.2, 0.25) is 0 Å². The highest BCUT2D eigenvalue weighted by Crippen LogP contribution is 2.13. The van der Waals surface area contributed by atoms with E-state index in [1.54, 1.807) is 0 Å². The van der Waals surface area contributed by atoms with Gasteiger partial charge < -0.3 is 4.90 Å². The summed E-state index contributed by atoms with van der Waals surface area (Å²) >= 11 is 0. The van der Waals surface area contributed by atoms with Gasteiger partial charge in [-0.3, -0.25) is 4.79 Å². The first-order valence-electron chi connectivity index (χ1n) is 5.46. The fourth-order valence-electron chi connectivity index (χ4n) is 1.73. The second-order valence-electron chi connectivity index (χ2n) is 3.80. The quantitative estimate of drug-likeness (QED) is 0.743. The molecule has 1 aromatic rings. The molecule has 0 bridgehead atoms. The van der Waals surface area contributed by atoms with E-state index in [-0.39, 0.29) is 5.91 Å². The van der Waals surface area contributed by atoms with Crippen LogP contribution < -0.4 is 0 Å². The minimum Gasteiger partial charge on any atom is -0.339 e. The van der Waals surface area contributed by atoms with Crippen molar-refractivity contribution < 1.29 is 4.79 Å². The zero-order chi connectivity index (χ0) is 11.4. The maximum atomic E-state index is 12.1. The molecule has 0 aromatic heterocycles. The second kappa shape index (κ2) is 4.96. The molecule has 0 unspecified atom stereocenters. The number of hydrogen-bond donors (Lipinski definition) is 0. The maximum Gasteiger partial charge on any atom is 0.254 e. The molecule has 0 fully saturated rings. The smallest absolute Gasteiger partial charge is 0.254 e. The Bertz CT molecular complexity index is 354. The molecule has 0 radical (unpaired) electrons. The highest BCUT2D eigenvalue weighted by molar-refractivity contribution is 5.95. The Balaban J connectivity index is 3.00. The van der Waals surface area contributed by atoms with Crippen LogP contribution in [0.3, 0.4) is 0 Å². The van der Waals surface area contributed by atoms with Gasteiger partial charge in [0.1, 0.15) is 0 Å². The van der Waals surface area contributed by atoms with Crippen molar-refractivity contribution in [3.63, 3.8) is 0 Å². The standard InChI is InChI=1S/C13H19NO/c1-5-14(6-2)13(15)12-8-7-10(3)9-11(12)4/h7-9H,5-6H2,1-4H3. The van der Waals surface area contributed by atoms with Crippen LogP contribution in [0.1, 0.15) is 35.3 Å². The molecule has 0 aliphatic heterocycles. The third-order valence-electron chi connectivity index (χ3n) is 2.66. The number of carbonyl (C=O) groups excluding carboxylic acids is 1. The van der Waals surface area contributed by atoms with Crippen molar-refractivity contribution in [3.05, 3.63) is 34.9 Å². The lowest BCUT2D eigenvalue weighted by atomic mass is 10.0. The maximum absolute atomic E-state index is 12.1. The van der Waals surface area contributed by atoms with Gasteiger partial charge in [-0.2, -0.15) is 0 Å². The van der Waals surface area contributed by atoms with Crippen molar-refractivity contribution in [2.45, 2.75) is 27.7 Å². The van der Waals surface area contributed by atoms with E-state index in [1.807, 2.05) is 44.7 Å². The number of aryl methyl sites for hydroxylation is 2. The van der Waals surface area contributed by atoms with Crippen LogP contribution in [-0.4, -0.2) is 23.9 Å². The van der Waals surface area contributed by atoms with Crippen LogP contribution in [0.25, 0.3) is 0 Å². The molecule has 0 heterocycles. The lowest BCUT2D eigenvalue weighted by Crippen LogP contribution is -2.30. The lowest BCUT2D eigenvalue weighted by molar-refractivity contribution is 0.0772. The van der Waals surface area contributed by atoms with Gasteiger partial charge in [-0.1, -0.05) is 17.7 Å². The average Bonchev–Trinajstić information content (AvgIpc) is 2.19. The Kier molecular flexibility index (Phi) is 3.89. The summed E-state index contributed by atoms with van der Waals surface area (Å²) in [4.78, 5) is 13.9. The molecule has 0 aliphatic rings. The zero-order valence-electron chi connectivity index (χ0n) is 10.0. The van der Waals surface area contributed by atoms with E-state index < -0.39 is 0 Å². The van der Waals surface area contributed by atoms with E-state index in [1.165, 1.54) is 5.56 Å². The molecule has 0 saturated carbocycles. The van der Waals surface area contributed by atoms with E-state index in [9.17, 15) is 4.79 Å². The SMILES string of the molecule is CCN(CC)C(=O)c1ccc(C)cc1C. The van der Waals surface area contributed by atoms with Crippen molar-refractivity contribution in [3.8, 4) is 0 Å². The van der Waals surface area contributed by atoms with Crippen LogP contribution in [-0.2, 0) is 0 Å². The Morgan fingerprint density at radius 3 is 2.27 bits per heavy atom. The van der Waals surface area contributed by atoms with Gasteiger partial charge in [-0.05, 0) is 39.3 Å². The van der Waals surface area contributed by atoms with Gasteiger partial charge in [0.15, 0.2) is 0 Å². The van der Waals surface area contributed by atoms with Gasteiger partial charge in [-0.15, -0.1) is 0 Å². The first-order chi connectivity index (χ1) is 7.10. The van der Waals surface area contributed by atoms with Crippen LogP contribution in [0.15, 0.2) is 18.2 Å². The highest BCUT2D eigenvalue weighted by atomic mass is 16.2. The van der Waals surface area contributed by atoms with Crippen molar-refractivity contribution >= 4 is 5.91 Å². The fourth-order valence-corrected chi connectivity index (χ4v) is 1.73. The molecule has 0 aliphatic carbocycles. The second-order valence-corrected chi connectivity index (χ2v) is 3.80. The predicted molar refractivity (Wildman–Crippen MR) is 63.2 cm³/mol. The molecule has 1 amide bonds. The minimum absolute atomic E-state index is 0.137. The lowest BCUT2D eigenvalue weighted by Gasteiger charge is -2.19. The molecule has 2 heteroatoms. The van der Waals surface area contributed by atoms with E-state index in [0.29, 0.717) is 0 Å². The van der Waals surface area contributed by atoms with Crippen LogP contribution in [0, 0.1) is 13.8 Å². The average molecular weight is 205 g/mol. The zero-order valence-corrected chi connectivity index (χ0v) is 10.0. The first-order valence-corrected chi connectivity index (χ1v) is 5.46. The summed E-state index contributed by atoms with van der Waals surface area (Å²) in [6, 6.07) is 5.96. The summed E-state index contributed by atoms with van der Waals surface area (Å²) in [5, 5.41) is 0. The van der Waals surface area contributed by atoms with Crippen molar-refractivity contribution in [1.82, 2.24) is 4.90 Å². The Morgan fingerprint density at radius 1 is 1.20 bits per heavy atom. The Morgan fingerprint density at radius 2 is 1.80 bits per heavy atom. The molecule has 2 nitrogen and oxygen atoms in total. The first kappa shape index (κ1) is 11.8. The molecular weight excluding hydrogens is 186 g/mol. The summed E-state index contributed by atoms with van der Waals surface area (Å²) in [6.07, 6.45) is 0. The molecule has 15 heavy (non-hydrogen) atoms. The number of benzene rings is 1. The van der Waals surface area contributed by atoms with E-state index in [4.69, 9.17) is 0 Å². The summed E-state index contributed by atoms with van der Waals surface area (Å²) in [6.45, 7) is 9.57. The summed E-state index contributed by atoms with van der Waals surface area (Å²) in [5.41, 5.74) is 3.08. The largest absolute Gasteiger partial charge is 0.339 e. The van der Waals surface area contributed by atoms with Gasteiger partial charge in [0, 0.05) is 18.7 Å². The monoisotopic (exact) mass is 205 g/mol. The molecule has 0 atom stereocenters. The fraction of sp³-hybridized carbons (Fsp3) is 0.462. The van der Waals surface area contributed by atoms with Crippen molar-refractivity contribution in [1.29, 1.82) is 0 Å². The molecule has 1 aromatic carbocycles. The van der Waals surface area contributed by atoms with Crippen LogP contribution in [0.5, 0.6) is 0 Å². The van der Waals surface area contributed by atoms with Gasteiger partial charge >= 0.3 is 0 Å². The third kappa shape index (κ3) is 2.58. The highest BCUT2D eigenvalue weighted by Gasteiger charge is 2.14. The van der Waals surface area contributed by atoms with E-state index in [0.717, 1.165) is 24.2 Å². The summed E-state index contributed by atoms with van der Waals surface area (Å²) < 4.78 is 0. The minimum atomic E-state index is 0.137. The van der Waals surface area contributed by atoms with Crippen molar-refractivity contribution in [2.75, 3.05) is 13.1 Å². The van der Waals surface area contributed by atoms with Gasteiger partial charge in [-0.25, -0.2) is 0 Å². The van der Waals surface area contributed by atoms with Crippen LogP contribution in [0.4, 0.5) is 0 Å². The number of amides is 1.